The number of nitrogens with zero attached hydrogens (tertiary/aromatic N) is 1. The molecular weight excluding hydrogens is 354 g/mol. The van der Waals surface area contributed by atoms with Crippen LogP contribution in [0.3, 0.4) is 0 Å². The minimum Gasteiger partial charge on any atom is -0.549 e. The molecular formula is C19H22NO5S-. The Morgan fingerprint density at radius 3 is 2.27 bits per heavy atom. The van der Waals surface area contributed by atoms with Crippen molar-refractivity contribution in [2.45, 2.75) is 17.4 Å². The molecule has 0 fully saturated rings. The molecule has 26 heavy (non-hydrogen) atoms. The average molecular weight is 376 g/mol. The summed E-state index contributed by atoms with van der Waals surface area (Å²) in [6.07, 6.45) is 1.44. The molecule has 0 aliphatic rings. The molecule has 0 aromatic heterocycles. The normalized spacial score (nSPS) is 12.7. The number of carboxylic acid groups (broad SMARTS) is 1. The molecule has 0 aliphatic heterocycles. The van der Waals surface area contributed by atoms with Crippen LogP contribution in [0.4, 0.5) is 0 Å². The highest BCUT2D eigenvalue weighted by molar-refractivity contribution is 7.90. The van der Waals surface area contributed by atoms with Crippen LogP contribution in [-0.4, -0.2) is 45.7 Å². The van der Waals surface area contributed by atoms with Gasteiger partial charge in [-0.05, 0) is 36.9 Å². The number of likely N-dealkylation sites (N-methyl/N-ethyl adjacent to an activating group) is 1. The summed E-state index contributed by atoms with van der Waals surface area (Å²) < 4.78 is 29.1. The Morgan fingerprint density at radius 1 is 1.12 bits per heavy atom. The predicted molar refractivity (Wildman–Crippen MR) is 96.5 cm³/mol. The van der Waals surface area contributed by atoms with Crippen LogP contribution in [0, 0.1) is 0 Å². The Hall–Kier alpha value is -2.38. The van der Waals surface area contributed by atoms with Crippen molar-refractivity contribution in [1.29, 1.82) is 0 Å². The molecule has 0 N–H and O–H groups in total. The Kier molecular flexibility index (Phi) is 6.76. The summed E-state index contributed by atoms with van der Waals surface area (Å²) in [5.74, 6) is -0.574. The molecule has 1 unspecified atom stereocenters. The molecule has 7 heteroatoms. The van der Waals surface area contributed by atoms with Gasteiger partial charge in [-0.2, -0.15) is 0 Å². The van der Waals surface area contributed by atoms with E-state index in [1.54, 1.807) is 24.1 Å². The number of ether oxygens (including phenoxy) is 1. The Bertz CT molecular complexity index is 819. The van der Waals surface area contributed by atoms with Crippen LogP contribution in [0.2, 0.25) is 0 Å². The van der Waals surface area contributed by atoms with Gasteiger partial charge in [0, 0.05) is 25.8 Å². The van der Waals surface area contributed by atoms with Crippen LogP contribution in [0.25, 0.3) is 0 Å². The maximum atomic E-state index is 11.6. The molecule has 0 aliphatic carbocycles. The molecule has 140 valence electrons. The van der Waals surface area contributed by atoms with E-state index < -0.39 is 15.8 Å². The Balaban J connectivity index is 2.12. The van der Waals surface area contributed by atoms with E-state index in [4.69, 9.17) is 4.74 Å². The van der Waals surface area contributed by atoms with E-state index in [1.165, 1.54) is 12.1 Å². The third-order valence-corrected chi connectivity index (χ3v) is 5.00. The van der Waals surface area contributed by atoms with Crippen molar-refractivity contribution in [3.05, 3.63) is 60.2 Å². The minimum absolute atomic E-state index is 0.148. The molecule has 0 bridgehead atoms. The van der Waals surface area contributed by atoms with Crippen LogP contribution in [0.5, 0.6) is 5.75 Å². The summed E-state index contributed by atoms with van der Waals surface area (Å²) in [4.78, 5) is 12.6. The topological polar surface area (TPSA) is 86.7 Å². The molecule has 2 rings (SSSR count). The van der Waals surface area contributed by atoms with Gasteiger partial charge < -0.3 is 19.5 Å². The summed E-state index contributed by atoms with van der Waals surface area (Å²) in [6, 6.07) is 15.9. The standard InChI is InChI=1S/C19H23NO5S/c1-20(14-19(21)22)13-12-18(15-6-4-3-5-7-15)25-16-8-10-17(11-9-16)26(2,23)24/h3-11,18H,12-14H2,1-2H3,(H,21,22)/p-1. The van der Waals surface area contributed by atoms with E-state index in [0.717, 1.165) is 11.8 Å². The second kappa shape index (κ2) is 8.82. The van der Waals surface area contributed by atoms with E-state index in [0.29, 0.717) is 18.7 Å². The van der Waals surface area contributed by atoms with Gasteiger partial charge in [0.15, 0.2) is 9.84 Å². The second-order valence-corrected chi connectivity index (χ2v) is 8.17. The molecule has 0 saturated carbocycles. The monoisotopic (exact) mass is 376 g/mol. The number of hydrogen-bond acceptors (Lipinski definition) is 6. The number of carbonyl (C=O) groups excluding carboxylic acids is 1. The maximum Gasteiger partial charge on any atom is 0.175 e. The molecule has 0 heterocycles. The quantitative estimate of drug-likeness (QED) is 0.655. The number of carbonyl (C=O) groups is 1. The van der Waals surface area contributed by atoms with Crippen LogP contribution in [0.1, 0.15) is 18.1 Å². The average Bonchev–Trinajstić information content (AvgIpc) is 2.58. The van der Waals surface area contributed by atoms with Crippen molar-refractivity contribution in [2.24, 2.45) is 0 Å². The van der Waals surface area contributed by atoms with E-state index in [-0.39, 0.29) is 17.5 Å². The first kappa shape index (κ1) is 19.9. The highest BCUT2D eigenvalue weighted by Crippen LogP contribution is 2.26. The lowest BCUT2D eigenvalue weighted by atomic mass is 10.1. The third kappa shape index (κ3) is 6.16. The van der Waals surface area contributed by atoms with Crippen molar-refractivity contribution in [1.82, 2.24) is 4.90 Å². The number of aliphatic carboxylic acids is 1. The highest BCUT2D eigenvalue weighted by atomic mass is 32.2. The van der Waals surface area contributed by atoms with Crippen molar-refractivity contribution >= 4 is 15.8 Å². The van der Waals surface area contributed by atoms with Crippen LogP contribution >= 0.6 is 0 Å². The van der Waals surface area contributed by atoms with Gasteiger partial charge in [0.05, 0.1) is 10.9 Å². The third-order valence-electron chi connectivity index (χ3n) is 3.87. The first-order chi connectivity index (χ1) is 12.3. The van der Waals surface area contributed by atoms with Crippen molar-refractivity contribution in [3.63, 3.8) is 0 Å². The van der Waals surface area contributed by atoms with Crippen LogP contribution in [-0.2, 0) is 14.6 Å². The zero-order chi connectivity index (χ0) is 19.2. The number of rotatable bonds is 9. The predicted octanol–water partition coefficient (Wildman–Crippen LogP) is 1.28. The van der Waals surface area contributed by atoms with Gasteiger partial charge in [-0.3, -0.25) is 0 Å². The van der Waals surface area contributed by atoms with Gasteiger partial charge in [-0.15, -0.1) is 0 Å². The fourth-order valence-corrected chi connectivity index (χ4v) is 3.16. The zero-order valence-corrected chi connectivity index (χ0v) is 15.6. The Labute approximate surface area is 153 Å². The second-order valence-electron chi connectivity index (χ2n) is 6.16. The molecule has 0 spiro atoms. The van der Waals surface area contributed by atoms with Crippen molar-refractivity contribution < 1.29 is 23.1 Å². The smallest absolute Gasteiger partial charge is 0.175 e. The van der Waals surface area contributed by atoms with E-state index in [1.807, 2.05) is 30.3 Å². The maximum absolute atomic E-state index is 11.6. The van der Waals surface area contributed by atoms with E-state index in [9.17, 15) is 18.3 Å². The molecule has 1 atom stereocenters. The van der Waals surface area contributed by atoms with Gasteiger partial charge in [-0.25, -0.2) is 8.42 Å². The summed E-state index contributed by atoms with van der Waals surface area (Å²) in [7, 11) is -1.55. The van der Waals surface area contributed by atoms with Gasteiger partial charge >= 0.3 is 0 Å². The van der Waals surface area contributed by atoms with Crippen LogP contribution < -0.4 is 9.84 Å². The zero-order valence-electron chi connectivity index (χ0n) is 14.8. The number of carboxylic acids is 1. The summed E-state index contributed by atoms with van der Waals surface area (Å²) in [6.45, 7) is 0.361. The highest BCUT2D eigenvalue weighted by Gasteiger charge is 2.15. The van der Waals surface area contributed by atoms with Gasteiger partial charge in [-0.1, -0.05) is 30.3 Å². The van der Waals surface area contributed by atoms with Crippen molar-refractivity contribution in [3.8, 4) is 5.75 Å². The molecule has 2 aromatic rings. The molecule has 0 saturated heterocycles. The number of hydrogen-bond donors (Lipinski definition) is 0. The van der Waals surface area contributed by atoms with Gasteiger partial charge in [0.1, 0.15) is 11.9 Å². The minimum atomic E-state index is -3.26. The largest absolute Gasteiger partial charge is 0.549 e. The number of sulfone groups is 1. The lowest BCUT2D eigenvalue weighted by molar-refractivity contribution is -0.306. The first-order valence-electron chi connectivity index (χ1n) is 8.16. The fraction of sp³-hybridized carbons (Fsp3) is 0.316. The fourth-order valence-electron chi connectivity index (χ4n) is 2.53. The lowest BCUT2D eigenvalue weighted by Gasteiger charge is -2.23. The van der Waals surface area contributed by atoms with E-state index >= 15 is 0 Å². The first-order valence-corrected chi connectivity index (χ1v) is 10.0. The molecule has 0 amide bonds. The molecule has 0 radical (unpaired) electrons. The summed E-state index contributed by atoms with van der Waals surface area (Å²) in [5.41, 5.74) is 0.960. The van der Waals surface area contributed by atoms with E-state index in [2.05, 4.69) is 0 Å². The lowest BCUT2D eigenvalue weighted by Crippen LogP contribution is -2.36. The number of benzene rings is 2. The molecule has 6 nitrogen and oxygen atoms in total. The van der Waals surface area contributed by atoms with Gasteiger partial charge in [0.2, 0.25) is 0 Å². The van der Waals surface area contributed by atoms with Crippen LogP contribution in [0.15, 0.2) is 59.5 Å². The summed E-state index contributed by atoms with van der Waals surface area (Å²) >= 11 is 0. The molecule has 2 aromatic carbocycles. The van der Waals surface area contributed by atoms with Crippen molar-refractivity contribution in [2.75, 3.05) is 26.4 Å². The Morgan fingerprint density at radius 2 is 1.73 bits per heavy atom. The van der Waals surface area contributed by atoms with Gasteiger partial charge in [0.25, 0.3) is 0 Å². The summed E-state index contributed by atoms with van der Waals surface area (Å²) in [5, 5.41) is 10.7. The SMILES string of the molecule is CN(CCC(Oc1ccc(S(C)(=O)=O)cc1)c1ccccc1)CC(=O)[O-].